The molecule has 1 amide bonds. The normalized spacial score (nSPS) is 12.0. The number of nitrogens with two attached hydrogens (primary N) is 1. The highest BCUT2D eigenvalue weighted by Crippen LogP contribution is 2.28. The smallest absolute Gasteiger partial charge is 0.255 e. The van der Waals surface area contributed by atoms with Crippen molar-refractivity contribution in [2.75, 3.05) is 26.6 Å². The molecule has 1 aromatic rings. The van der Waals surface area contributed by atoms with Gasteiger partial charge in [0.15, 0.2) is 0 Å². The quantitative estimate of drug-likeness (QED) is 0.785. The third kappa shape index (κ3) is 4.01. The van der Waals surface area contributed by atoms with Crippen LogP contribution in [-0.2, 0) is 4.74 Å². The molecule has 1 atom stereocenters. The highest BCUT2D eigenvalue weighted by Gasteiger charge is 2.17. The van der Waals surface area contributed by atoms with Gasteiger partial charge in [0.1, 0.15) is 5.75 Å². The van der Waals surface area contributed by atoms with Crippen molar-refractivity contribution >= 4 is 23.2 Å². The molecule has 19 heavy (non-hydrogen) atoms. The van der Waals surface area contributed by atoms with Crippen molar-refractivity contribution in [3.8, 4) is 5.75 Å². The zero-order valence-electron chi connectivity index (χ0n) is 11.3. The van der Waals surface area contributed by atoms with Crippen LogP contribution in [0.5, 0.6) is 5.75 Å². The minimum absolute atomic E-state index is 0.0569. The molecular formula is C13H19ClN2O3. The van der Waals surface area contributed by atoms with E-state index in [-0.39, 0.29) is 11.9 Å². The molecular weight excluding hydrogens is 268 g/mol. The molecule has 0 fully saturated rings. The van der Waals surface area contributed by atoms with Crippen molar-refractivity contribution in [3.05, 3.63) is 22.7 Å². The van der Waals surface area contributed by atoms with E-state index in [1.54, 1.807) is 7.11 Å². The molecule has 5 nitrogen and oxygen atoms in total. The zero-order valence-corrected chi connectivity index (χ0v) is 12.1. The fraction of sp³-hybridized carbons (Fsp3) is 0.462. The number of rotatable bonds is 6. The average Bonchev–Trinajstić information content (AvgIpc) is 2.40. The summed E-state index contributed by atoms with van der Waals surface area (Å²) in [6.07, 6.45) is 0.768. The molecule has 0 spiro atoms. The third-order valence-electron chi connectivity index (χ3n) is 2.76. The van der Waals surface area contributed by atoms with E-state index in [2.05, 4.69) is 5.32 Å². The molecule has 0 aliphatic carbocycles. The lowest BCUT2D eigenvalue weighted by molar-refractivity contribution is 0.0891. The summed E-state index contributed by atoms with van der Waals surface area (Å²) < 4.78 is 10.2. The van der Waals surface area contributed by atoms with Gasteiger partial charge in [0.05, 0.1) is 36.0 Å². The van der Waals surface area contributed by atoms with Crippen molar-refractivity contribution in [2.24, 2.45) is 0 Å². The van der Waals surface area contributed by atoms with E-state index >= 15 is 0 Å². The number of hydrogen-bond acceptors (Lipinski definition) is 4. The largest absolute Gasteiger partial charge is 0.496 e. The van der Waals surface area contributed by atoms with Crippen molar-refractivity contribution in [1.29, 1.82) is 0 Å². The van der Waals surface area contributed by atoms with Crippen LogP contribution in [0.2, 0.25) is 5.02 Å². The third-order valence-corrected chi connectivity index (χ3v) is 3.09. The highest BCUT2D eigenvalue weighted by atomic mass is 35.5. The zero-order chi connectivity index (χ0) is 14.4. The molecule has 106 valence electrons. The summed E-state index contributed by atoms with van der Waals surface area (Å²) in [5.41, 5.74) is 6.41. The maximum atomic E-state index is 12.2. The minimum atomic E-state index is -0.261. The Bertz CT molecular complexity index is 452. The van der Waals surface area contributed by atoms with E-state index in [0.717, 1.165) is 6.42 Å². The molecule has 0 saturated carbocycles. The average molecular weight is 287 g/mol. The Labute approximate surface area is 118 Å². The van der Waals surface area contributed by atoms with Gasteiger partial charge in [-0.05, 0) is 12.5 Å². The standard InChI is InChI=1S/C13H19ClN2O3/c1-4-8(7-18-2)16-13(17)9-5-10(14)11(15)6-12(9)19-3/h5-6,8H,4,7,15H2,1-3H3,(H,16,17). The molecule has 6 heteroatoms. The van der Waals surface area contributed by atoms with Gasteiger partial charge in [0.25, 0.3) is 5.91 Å². The molecule has 0 aliphatic rings. The molecule has 1 aromatic carbocycles. The number of benzene rings is 1. The van der Waals surface area contributed by atoms with E-state index in [0.29, 0.717) is 28.6 Å². The first-order valence-electron chi connectivity index (χ1n) is 5.96. The lowest BCUT2D eigenvalue weighted by atomic mass is 10.1. The van der Waals surface area contributed by atoms with Crippen molar-refractivity contribution in [2.45, 2.75) is 19.4 Å². The van der Waals surface area contributed by atoms with Gasteiger partial charge in [-0.25, -0.2) is 0 Å². The summed E-state index contributed by atoms with van der Waals surface area (Å²) in [5.74, 6) is 0.134. The lowest BCUT2D eigenvalue weighted by Gasteiger charge is -2.17. The fourth-order valence-electron chi connectivity index (χ4n) is 1.64. The van der Waals surface area contributed by atoms with Gasteiger partial charge >= 0.3 is 0 Å². The van der Waals surface area contributed by atoms with Crippen LogP contribution < -0.4 is 15.8 Å². The second kappa shape index (κ2) is 7.21. The Morgan fingerprint density at radius 1 is 1.47 bits per heavy atom. The second-order valence-electron chi connectivity index (χ2n) is 4.11. The van der Waals surface area contributed by atoms with Crippen LogP contribution in [0.3, 0.4) is 0 Å². The summed E-state index contributed by atoms with van der Waals surface area (Å²) in [5, 5.41) is 3.19. The van der Waals surface area contributed by atoms with Gasteiger partial charge in [-0.2, -0.15) is 0 Å². The summed E-state index contributed by atoms with van der Waals surface area (Å²) in [4.78, 5) is 12.2. The first-order chi connectivity index (χ1) is 9.03. The Morgan fingerprint density at radius 2 is 2.16 bits per heavy atom. The Hall–Kier alpha value is -1.46. The van der Waals surface area contributed by atoms with Gasteiger partial charge in [-0.3, -0.25) is 4.79 Å². The summed E-state index contributed by atoms with van der Waals surface area (Å²) in [7, 11) is 3.07. The van der Waals surface area contributed by atoms with Gasteiger partial charge in [-0.1, -0.05) is 18.5 Å². The van der Waals surface area contributed by atoms with E-state index in [1.807, 2.05) is 6.92 Å². The van der Waals surface area contributed by atoms with Crippen molar-refractivity contribution in [1.82, 2.24) is 5.32 Å². The number of ether oxygens (including phenoxy) is 2. The SMILES string of the molecule is CCC(COC)NC(=O)c1cc(Cl)c(N)cc1OC. The maximum absolute atomic E-state index is 12.2. The topological polar surface area (TPSA) is 73.6 Å². The van der Waals surface area contributed by atoms with Crippen LogP contribution in [0.25, 0.3) is 0 Å². The summed E-state index contributed by atoms with van der Waals surface area (Å²) >= 11 is 5.93. The predicted octanol–water partition coefficient (Wildman–Crippen LogP) is 2.09. The number of nitrogens with one attached hydrogen (secondary N) is 1. The Morgan fingerprint density at radius 3 is 2.68 bits per heavy atom. The number of carbonyl (C=O) groups is 1. The van der Waals surface area contributed by atoms with Crippen LogP contribution in [-0.4, -0.2) is 32.8 Å². The first kappa shape index (κ1) is 15.6. The number of anilines is 1. The molecule has 0 aromatic heterocycles. The number of amides is 1. The minimum Gasteiger partial charge on any atom is -0.496 e. The Balaban J connectivity index is 2.95. The number of nitrogen functional groups attached to an aromatic ring is 1. The molecule has 0 saturated heterocycles. The van der Waals surface area contributed by atoms with Crippen molar-refractivity contribution in [3.63, 3.8) is 0 Å². The molecule has 1 unspecified atom stereocenters. The molecule has 3 N–H and O–H groups in total. The fourth-order valence-corrected chi connectivity index (χ4v) is 1.81. The number of methoxy groups -OCH3 is 2. The molecule has 0 bridgehead atoms. The van der Waals surface area contributed by atoms with Gasteiger partial charge in [-0.15, -0.1) is 0 Å². The van der Waals surface area contributed by atoms with Gasteiger partial charge in [0, 0.05) is 13.2 Å². The first-order valence-corrected chi connectivity index (χ1v) is 6.34. The monoisotopic (exact) mass is 286 g/mol. The van der Waals surface area contributed by atoms with E-state index < -0.39 is 0 Å². The van der Waals surface area contributed by atoms with Crippen LogP contribution in [0.1, 0.15) is 23.7 Å². The predicted molar refractivity (Wildman–Crippen MR) is 75.8 cm³/mol. The molecule has 0 aliphatic heterocycles. The molecule has 0 radical (unpaired) electrons. The van der Waals surface area contributed by atoms with Crippen molar-refractivity contribution < 1.29 is 14.3 Å². The van der Waals surface area contributed by atoms with Crippen LogP contribution >= 0.6 is 11.6 Å². The van der Waals surface area contributed by atoms with E-state index in [4.69, 9.17) is 26.8 Å². The lowest BCUT2D eigenvalue weighted by Crippen LogP contribution is -2.37. The number of hydrogen-bond donors (Lipinski definition) is 2. The highest BCUT2D eigenvalue weighted by molar-refractivity contribution is 6.33. The number of halogens is 1. The van der Waals surface area contributed by atoms with Gasteiger partial charge in [0.2, 0.25) is 0 Å². The van der Waals surface area contributed by atoms with E-state index in [9.17, 15) is 4.79 Å². The summed E-state index contributed by atoms with van der Waals surface area (Å²) in [6, 6.07) is 2.98. The molecule has 0 heterocycles. The van der Waals surface area contributed by atoms with Crippen LogP contribution in [0, 0.1) is 0 Å². The van der Waals surface area contributed by atoms with E-state index in [1.165, 1.54) is 19.2 Å². The maximum Gasteiger partial charge on any atom is 0.255 e. The van der Waals surface area contributed by atoms with Crippen LogP contribution in [0.4, 0.5) is 5.69 Å². The Kier molecular flexibility index (Phi) is 5.92. The summed E-state index contributed by atoms with van der Waals surface area (Å²) in [6.45, 7) is 2.42. The molecule has 1 rings (SSSR count). The second-order valence-corrected chi connectivity index (χ2v) is 4.52. The number of carbonyl (C=O) groups excluding carboxylic acids is 1. The van der Waals surface area contributed by atoms with Gasteiger partial charge < -0.3 is 20.5 Å². The van der Waals surface area contributed by atoms with Crippen LogP contribution in [0.15, 0.2) is 12.1 Å².